The van der Waals surface area contributed by atoms with Crippen LogP contribution in [0.5, 0.6) is 0 Å². The van der Waals surface area contributed by atoms with Gasteiger partial charge in [-0.05, 0) is 18.1 Å². The van der Waals surface area contributed by atoms with Gasteiger partial charge in [-0.1, -0.05) is 66.7 Å². The van der Waals surface area contributed by atoms with E-state index >= 15 is 0 Å². The van der Waals surface area contributed by atoms with Gasteiger partial charge in [0, 0.05) is 13.1 Å². The number of hydrogen-bond donors (Lipinski definition) is 1. The van der Waals surface area contributed by atoms with Crippen LogP contribution in [0.15, 0.2) is 73.3 Å². The third kappa shape index (κ3) is 4.54. The number of amides is 1. The summed E-state index contributed by atoms with van der Waals surface area (Å²) in [6.07, 6.45) is 1.11. The Morgan fingerprint density at radius 2 is 1.57 bits per heavy atom. The number of carbonyl (C=O) groups is 1. The van der Waals surface area contributed by atoms with Gasteiger partial charge in [-0.25, -0.2) is 0 Å². The average Bonchev–Trinajstić information content (AvgIpc) is 2.56. The van der Waals surface area contributed by atoms with Crippen molar-refractivity contribution in [2.75, 3.05) is 13.1 Å². The molecule has 2 aromatic carbocycles. The van der Waals surface area contributed by atoms with Gasteiger partial charge in [0.25, 0.3) is 0 Å². The predicted molar refractivity (Wildman–Crippen MR) is 93.2 cm³/mol. The van der Waals surface area contributed by atoms with E-state index in [2.05, 4.69) is 6.58 Å². The van der Waals surface area contributed by atoms with E-state index in [0.29, 0.717) is 13.1 Å². The highest BCUT2D eigenvalue weighted by Gasteiger charge is 2.27. The van der Waals surface area contributed by atoms with E-state index in [0.717, 1.165) is 11.1 Å². The molecule has 0 spiro atoms. The Kier molecular flexibility index (Phi) is 6.12. The van der Waals surface area contributed by atoms with Crippen LogP contribution < -0.4 is 0 Å². The molecule has 2 aromatic rings. The van der Waals surface area contributed by atoms with Gasteiger partial charge in [0.05, 0.1) is 12.0 Å². The zero-order valence-electron chi connectivity index (χ0n) is 13.4. The van der Waals surface area contributed by atoms with Gasteiger partial charge in [0.2, 0.25) is 5.91 Å². The van der Waals surface area contributed by atoms with Crippen molar-refractivity contribution in [1.82, 2.24) is 4.90 Å². The van der Waals surface area contributed by atoms with E-state index in [-0.39, 0.29) is 11.8 Å². The molecule has 1 unspecified atom stereocenters. The zero-order valence-corrected chi connectivity index (χ0v) is 13.4. The van der Waals surface area contributed by atoms with Crippen LogP contribution in [0.3, 0.4) is 0 Å². The Morgan fingerprint density at radius 1 is 1.09 bits per heavy atom. The fourth-order valence-corrected chi connectivity index (χ4v) is 2.68. The second kappa shape index (κ2) is 8.30. The molecule has 1 N–H and O–H groups in total. The van der Waals surface area contributed by atoms with Crippen LogP contribution in [0.2, 0.25) is 0 Å². The molecule has 0 radical (unpaired) electrons. The minimum Gasteiger partial charge on any atom is -0.392 e. The number of aliphatic hydroxyl groups is 1. The lowest BCUT2D eigenvalue weighted by atomic mass is 9.90. The topological polar surface area (TPSA) is 40.5 Å². The highest BCUT2D eigenvalue weighted by atomic mass is 16.3. The maximum absolute atomic E-state index is 13.1. The Balaban J connectivity index is 2.40. The van der Waals surface area contributed by atoms with Crippen LogP contribution in [0, 0.1) is 0 Å². The Morgan fingerprint density at radius 3 is 1.96 bits per heavy atom. The summed E-state index contributed by atoms with van der Waals surface area (Å²) in [6.45, 7) is 6.11. The lowest BCUT2D eigenvalue weighted by molar-refractivity contribution is -0.132. The minimum atomic E-state index is -0.578. The molecule has 0 bridgehead atoms. The lowest BCUT2D eigenvalue weighted by Crippen LogP contribution is -2.40. The first-order valence-corrected chi connectivity index (χ1v) is 7.81. The van der Waals surface area contributed by atoms with E-state index in [4.69, 9.17) is 0 Å². The number of benzene rings is 2. The van der Waals surface area contributed by atoms with Gasteiger partial charge in [-0.2, -0.15) is 0 Å². The van der Waals surface area contributed by atoms with Crippen molar-refractivity contribution >= 4 is 5.91 Å². The normalized spacial score (nSPS) is 12.0. The molecule has 3 heteroatoms. The van der Waals surface area contributed by atoms with Gasteiger partial charge < -0.3 is 10.0 Å². The molecule has 3 nitrogen and oxygen atoms in total. The number of nitrogens with zero attached hydrogens (tertiary/aromatic N) is 1. The van der Waals surface area contributed by atoms with Gasteiger partial charge in [-0.15, -0.1) is 6.58 Å². The average molecular weight is 309 g/mol. The highest BCUT2D eigenvalue weighted by Crippen LogP contribution is 2.27. The van der Waals surface area contributed by atoms with E-state index in [9.17, 15) is 9.90 Å². The smallest absolute Gasteiger partial charge is 0.234 e. The maximum atomic E-state index is 13.1. The van der Waals surface area contributed by atoms with Crippen LogP contribution in [0.1, 0.15) is 24.0 Å². The van der Waals surface area contributed by atoms with Gasteiger partial charge >= 0.3 is 0 Å². The minimum absolute atomic E-state index is 0.0248. The van der Waals surface area contributed by atoms with Crippen LogP contribution in [0.25, 0.3) is 0 Å². The molecule has 0 aliphatic heterocycles. The molecule has 0 aliphatic rings. The number of rotatable bonds is 7. The molecule has 23 heavy (non-hydrogen) atoms. The lowest BCUT2D eigenvalue weighted by Gasteiger charge is -2.28. The summed E-state index contributed by atoms with van der Waals surface area (Å²) in [5.74, 6) is -0.403. The maximum Gasteiger partial charge on any atom is 0.234 e. The summed E-state index contributed by atoms with van der Waals surface area (Å²) in [6, 6.07) is 19.5. The summed E-state index contributed by atoms with van der Waals surface area (Å²) in [5.41, 5.74) is 1.90. The van der Waals surface area contributed by atoms with Crippen molar-refractivity contribution in [3.05, 3.63) is 84.4 Å². The van der Waals surface area contributed by atoms with Crippen molar-refractivity contribution in [1.29, 1.82) is 0 Å². The largest absolute Gasteiger partial charge is 0.392 e. The van der Waals surface area contributed by atoms with E-state index in [1.807, 2.05) is 60.7 Å². The fraction of sp³-hybridized carbons (Fsp3) is 0.250. The first-order chi connectivity index (χ1) is 11.1. The first-order valence-electron chi connectivity index (χ1n) is 7.81. The Bertz CT molecular complexity index is 583. The first kappa shape index (κ1) is 17.0. The molecule has 1 atom stereocenters. The predicted octanol–water partition coefficient (Wildman–Crippen LogP) is 3.21. The van der Waals surface area contributed by atoms with Gasteiger partial charge in [0.1, 0.15) is 0 Å². The van der Waals surface area contributed by atoms with Crippen molar-refractivity contribution in [2.24, 2.45) is 0 Å². The third-order valence-corrected chi connectivity index (χ3v) is 3.66. The molecule has 1 amide bonds. The quantitative estimate of drug-likeness (QED) is 0.798. The Labute approximate surface area is 137 Å². The van der Waals surface area contributed by atoms with Crippen LogP contribution >= 0.6 is 0 Å². The third-order valence-electron chi connectivity index (χ3n) is 3.66. The summed E-state index contributed by atoms with van der Waals surface area (Å²) in [7, 11) is 0. The monoisotopic (exact) mass is 309 g/mol. The molecule has 0 aliphatic carbocycles. The van der Waals surface area contributed by atoms with E-state index < -0.39 is 6.10 Å². The summed E-state index contributed by atoms with van der Waals surface area (Å²) in [4.78, 5) is 14.8. The number of carbonyl (C=O) groups excluding carboxylic acids is 1. The standard InChI is InChI=1S/C20H23NO2/c1-3-14-21(15-16(2)22)20(23)19(17-10-6-4-7-11-17)18-12-8-5-9-13-18/h3-13,16,19,22H,1,14-15H2,2H3. The zero-order chi connectivity index (χ0) is 16.7. The summed E-state index contributed by atoms with van der Waals surface area (Å²) >= 11 is 0. The molecule has 0 heterocycles. The second-order valence-corrected chi connectivity index (χ2v) is 5.64. The molecular weight excluding hydrogens is 286 g/mol. The van der Waals surface area contributed by atoms with Crippen molar-refractivity contribution in [2.45, 2.75) is 18.9 Å². The Hall–Kier alpha value is -2.39. The van der Waals surface area contributed by atoms with Crippen molar-refractivity contribution in [3.63, 3.8) is 0 Å². The van der Waals surface area contributed by atoms with Crippen LogP contribution in [0.4, 0.5) is 0 Å². The fourth-order valence-electron chi connectivity index (χ4n) is 2.68. The molecule has 0 saturated heterocycles. The highest BCUT2D eigenvalue weighted by molar-refractivity contribution is 5.87. The summed E-state index contributed by atoms with van der Waals surface area (Å²) < 4.78 is 0. The van der Waals surface area contributed by atoms with Gasteiger partial charge in [0.15, 0.2) is 0 Å². The van der Waals surface area contributed by atoms with Crippen LogP contribution in [-0.4, -0.2) is 35.1 Å². The molecule has 2 rings (SSSR count). The van der Waals surface area contributed by atoms with E-state index in [1.165, 1.54) is 0 Å². The number of hydrogen-bond acceptors (Lipinski definition) is 2. The molecule has 0 fully saturated rings. The van der Waals surface area contributed by atoms with E-state index in [1.54, 1.807) is 17.9 Å². The SMILES string of the molecule is C=CCN(CC(C)O)C(=O)C(c1ccccc1)c1ccccc1. The summed E-state index contributed by atoms with van der Waals surface area (Å²) in [5, 5.41) is 9.69. The molecule has 0 aromatic heterocycles. The molecular formula is C20H23NO2. The van der Waals surface area contributed by atoms with Crippen molar-refractivity contribution in [3.8, 4) is 0 Å². The molecule has 0 saturated carbocycles. The number of aliphatic hydroxyl groups excluding tert-OH is 1. The van der Waals surface area contributed by atoms with Crippen molar-refractivity contribution < 1.29 is 9.90 Å². The molecule has 120 valence electrons. The van der Waals surface area contributed by atoms with Gasteiger partial charge in [-0.3, -0.25) is 4.79 Å². The second-order valence-electron chi connectivity index (χ2n) is 5.64. The van der Waals surface area contributed by atoms with Crippen LogP contribution in [-0.2, 0) is 4.79 Å².